The molecule has 0 saturated carbocycles. The van der Waals surface area contributed by atoms with E-state index < -0.39 is 0 Å². The van der Waals surface area contributed by atoms with Gasteiger partial charge in [-0.2, -0.15) is 10.1 Å². The number of anilines is 1. The van der Waals surface area contributed by atoms with Crippen molar-refractivity contribution in [3.05, 3.63) is 69.3 Å². The minimum atomic E-state index is -0.271. The van der Waals surface area contributed by atoms with Gasteiger partial charge in [0, 0.05) is 13.1 Å². The molecule has 3 aromatic heterocycles. The fourth-order valence-electron chi connectivity index (χ4n) is 2.61. The van der Waals surface area contributed by atoms with E-state index in [2.05, 4.69) is 25.7 Å². The number of nitrogens with zero attached hydrogens (tertiary/aromatic N) is 3. The molecule has 0 aliphatic rings. The average Bonchev–Trinajstić information content (AvgIpc) is 3.36. The van der Waals surface area contributed by atoms with Crippen molar-refractivity contribution >= 4 is 34.2 Å². The molecule has 0 unspecified atom stereocenters. The van der Waals surface area contributed by atoms with Crippen LogP contribution in [-0.4, -0.2) is 38.7 Å². The smallest absolute Gasteiger partial charge is 0.263 e. The number of carbonyl (C=O) groups is 1. The molecule has 9 heteroatoms. The van der Waals surface area contributed by atoms with Gasteiger partial charge in [0.15, 0.2) is 5.65 Å². The summed E-state index contributed by atoms with van der Waals surface area (Å²) in [4.78, 5) is 32.0. The van der Waals surface area contributed by atoms with Crippen LogP contribution >= 0.6 is 11.3 Å². The van der Waals surface area contributed by atoms with Crippen LogP contribution in [0.1, 0.15) is 9.67 Å². The normalized spacial score (nSPS) is 10.8. The minimum absolute atomic E-state index is 0.120. The SMILES string of the molecule is O=C(NCCNc1nc2c(cnn2-c2ccccc2)c(=O)[nH]1)c1cccs1. The number of thiophene rings is 1. The molecule has 136 valence electrons. The van der Waals surface area contributed by atoms with Crippen molar-refractivity contribution in [2.45, 2.75) is 0 Å². The van der Waals surface area contributed by atoms with Crippen molar-refractivity contribution in [3.8, 4) is 5.69 Å². The lowest BCUT2D eigenvalue weighted by atomic mass is 10.3. The molecular formula is C18H16N6O2S. The predicted molar refractivity (Wildman–Crippen MR) is 105 cm³/mol. The molecule has 0 spiro atoms. The highest BCUT2D eigenvalue weighted by Gasteiger charge is 2.11. The molecule has 0 bridgehead atoms. The van der Waals surface area contributed by atoms with E-state index in [1.807, 2.05) is 41.8 Å². The lowest BCUT2D eigenvalue weighted by Gasteiger charge is -2.07. The number of H-pyrrole nitrogens is 1. The van der Waals surface area contributed by atoms with Gasteiger partial charge in [-0.3, -0.25) is 14.6 Å². The maximum Gasteiger partial charge on any atom is 0.263 e. The van der Waals surface area contributed by atoms with E-state index in [1.54, 1.807) is 10.7 Å². The van der Waals surface area contributed by atoms with Crippen LogP contribution in [0, 0.1) is 0 Å². The molecular weight excluding hydrogens is 364 g/mol. The standard InChI is InChI=1S/C18H16N6O2S/c25-16-13-11-21-24(12-5-2-1-3-6-12)15(13)22-18(23-16)20-9-8-19-17(26)14-7-4-10-27-14/h1-7,10-11H,8-9H2,(H,19,26)(H2,20,22,23,25). The number of hydrogen-bond acceptors (Lipinski definition) is 6. The van der Waals surface area contributed by atoms with Crippen molar-refractivity contribution in [2.75, 3.05) is 18.4 Å². The topological polar surface area (TPSA) is 105 Å². The average molecular weight is 380 g/mol. The Bertz CT molecular complexity index is 1120. The van der Waals surface area contributed by atoms with Gasteiger partial charge < -0.3 is 10.6 Å². The van der Waals surface area contributed by atoms with E-state index in [0.29, 0.717) is 34.9 Å². The summed E-state index contributed by atoms with van der Waals surface area (Å²) in [5.41, 5.74) is 1.02. The van der Waals surface area contributed by atoms with Crippen molar-refractivity contribution in [3.63, 3.8) is 0 Å². The first-order valence-corrected chi connectivity index (χ1v) is 9.19. The first-order chi connectivity index (χ1) is 13.2. The number of hydrogen-bond donors (Lipinski definition) is 3. The fourth-order valence-corrected chi connectivity index (χ4v) is 3.25. The zero-order valence-corrected chi connectivity index (χ0v) is 15.0. The summed E-state index contributed by atoms with van der Waals surface area (Å²) in [5.74, 6) is 0.210. The van der Waals surface area contributed by atoms with E-state index in [4.69, 9.17) is 0 Å². The number of aromatic nitrogens is 4. The monoisotopic (exact) mass is 380 g/mol. The summed E-state index contributed by atoms with van der Waals surface area (Å²) in [5, 5.41) is 12.4. The Morgan fingerprint density at radius 1 is 1.15 bits per heavy atom. The second-order valence-electron chi connectivity index (χ2n) is 5.70. The first-order valence-electron chi connectivity index (χ1n) is 8.31. The Balaban J connectivity index is 1.48. The van der Waals surface area contributed by atoms with E-state index in [1.165, 1.54) is 17.5 Å². The van der Waals surface area contributed by atoms with E-state index in [9.17, 15) is 9.59 Å². The molecule has 0 aliphatic heterocycles. The largest absolute Gasteiger partial charge is 0.354 e. The lowest BCUT2D eigenvalue weighted by Crippen LogP contribution is -2.28. The molecule has 27 heavy (non-hydrogen) atoms. The Hall–Kier alpha value is -3.46. The number of nitrogens with one attached hydrogen (secondary N) is 3. The van der Waals surface area contributed by atoms with Crippen molar-refractivity contribution in [1.29, 1.82) is 0 Å². The maximum absolute atomic E-state index is 12.3. The molecule has 3 heterocycles. The molecule has 1 amide bonds. The number of amides is 1. The Labute approximate surface area is 157 Å². The van der Waals surface area contributed by atoms with Gasteiger partial charge in [-0.05, 0) is 23.6 Å². The Morgan fingerprint density at radius 3 is 2.78 bits per heavy atom. The van der Waals surface area contributed by atoms with Crippen LogP contribution in [0.25, 0.3) is 16.7 Å². The van der Waals surface area contributed by atoms with Crippen molar-refractivity contribution in [1.82, 2.24) is 25.1 Å². The summed E-state index contributed by atoms with van der Waals surface area (Å²) < 4.78 is 1.62. The van der Waals surface area contributed by atoms with E-state index in [-0.39, 0.29) is 11.5 Å². The Kier molecular flexibility index (Phi) is 4.67. The molecule has 8 nitrogen and oxygen atoms in total. The van der Waals surface area contributed by atoms with E-state index >= 15 is 0 Å². The lowest BCUT2D eigenvalue weighted by molar-refractivity contribution is 0.0959. The van der Waals surface area contributed by atoms with Gasteiger partial charge in [-0.25, -0.2) is 4.68 Å². The zero-order chi connectivity index (χ0) is 18.6. The number of carbonyl (C=O) groups excluding carboxylic acids is 1. The zero-order valence-electron chi connectivity index (χ0n) is 14.2. The third-order valence-corrected chi connectivity index (χ3v) is 4.76. The quantitative estimate of drug-likeness (QED) is 0.444. The molecule has 0 aliphatic carbocycles. The summed E-state index contributed by atoms with van der Waals surface area (Å²) in [6.07, 6.45) is 1.50. The third kappa shape index (κ3) is 3.58. The number of para-hydroxylation sites is 1. The van der Waals surface area contributed by atoms with Gasteiger partial charge >= 0.3 is 0 Å². The second-order valence-corrected chi connectivity index (χ2v) is 6.65. The van der Waals surface area contributed by atoms with Gasteiger partial charge in [0.1, 0.15) is 5.39 Å². The number of aromatic amines is 1. The molecule has 0 saturated heterocycles. The van der Waals surface area contributed by atoms with Gasteiger partial charge in [-0.1, -0.05) is 24.3 Å². The van der Waals surface area contributed by atoms with Crippen LogP contribution in [0.4, 0.5) is 5.95 Å². The highest BCUT2D eigenvalue weighted by atomic mass is 32.1. The first kappa shape index (κ1) is 17.0. The molecule has 0 atom stereocenters. The van der Waals surface area contributed by atoms with Crippen LogP contribution in [-0.2, 0) is 0 Å². The van der Waals surface area contributed by atoms with Gasteiger partial charge in [-0.15, -0.1) is 11.3 Å². The van der Waals surface area contributed by atoms with Crippen molar-refractivity contribution in [2.24, 2.45) is 0 Å². The summed E-state index contributed by atoms with van der Waals surface area (Å²) in [7, 11) is 0. The summed E-state index contributed by atoms with van der Waals surface area (Å²) in [6, 6.07) is 13.1. The molecule has 4 rings (SSSR count). The fraction of sp³-hybridized carbons (Fsp3) is 0.111. The molecule has 0 fully saturated rings. The number of rotatable bonds is 6. The Morgan fingerprint density at radius 2 is 2.00 bits per heavy atom. The predicted octanol–water partition coefficient (Wildman–Crippen LogP) is 2.01. The van der Waals surface area contributed by atoms with Gasteiger partial charge in [0.25, 0.3) is 11.5 Å². The van der Waals surface area contributed by atoms with Crippen LogP contribution in [0.15, 0.2) is 58.8 Å². The molecule has 4 aromatic rings. The molecule has 3 N–H and O–H groups in total. The van der Waals surface area contributed by atoms with Crippen LogP contribution in [0.2, 0.25) is 0 Å². The summed E-state index contributed by atoms with van der Waals surface area (Å²) >= 11 is 1.39. The highest BCUT2D eigenvalue weighted by molar-refractivity contribution is 7.12. The highest BCUT2D eigenvalue weighted by Crippen LogP contribution is 2.14. The van der Waals surface area contributed by atoms with Crippen LogP contribution in [0.3, 0.4) is 0 Å². The number of benzene rings is 1. The van der Waals surface area contributed by atoms with Crippen LogP contribution < -0.4 is 16.2 Å². The summed E-state index contributed by atoms with van der Waals surface area (Å²) in [6.45, 7) is 0.821. The van der Waals surface area contributed by atoms with E-state index in [0.717, 1.165) is 5.69 Å². The minimum Gasteiger partial charge on any atom is -0.354 e. The molecule has 1 aromatic carbocycles. The second kappa shape index (κ2) is 7.42. The number of fused-ring (bicyclic) bond motifs is 1. The maximum atomic E-state index is 12.3. The van der Waals surface area contributed by atoms with Gasteiger partial charge in [0.2, 0.25) is 5.95 Å². The third-order valence-electron chi connectivity index (χ3n) is 3.89. The van der Waals surface area contributed by atoms with Crippen molar-refractivity contribution < 1.29 is 4.79 Å². The van der Waals surface area contributed by atoms with Gasteiger partial charge in [0.05, 0.1) is 16.8 Å². The molecule has 0 radical (unpaired) electrons. The van der Waals surface area contributed by atoms with Crippen LogP contribution in [0.5, 0.6) is 0 Å².